The lowest BCUT2D eigenvalue weighted by Crippen LogP contribution is -2.33. The molecule has 6 heteroatoms. The van der Waals surface area contributed by atoms with E-state index in [0.717, 1.165) is 0 Å². The smallest absolute Gasteiger partial charge is 0.225 e. The number of nitrogens with one attached hydrogen (secondary N) is 1. The number of likely N-dealkylation sites (tertiary alicyclic amines) is 1. The summed E-state index contributed by atoms with van der Waals surface area (Å²) in [5, 5.41) is 2.78. The Morgan fingerprint density at radius 2 is 2.47 bits per heavy atom. The molecule has 0 bridgehead atoms. The molecule has 104 valence electrons. The second-order valence-electron chi connectivity index (χ2n) is 4.53. The van der Waals surface area contributed by atoms with Crippen LogP contribution in [0.3, 0.4) is 0 Å². The third-order valence-corrected chi connectivity index (χ3v) is 3.17. The fourth-order valence-electron chi connectivity index (χ4n) is 2.10. The minimum atomic E-state index is -0.278. The molecule has 1 N–H and O–H groups in total. The maximum absolute atomic E-state index is 11.9. The summed E-state index contributed by atoms with van der Waals surface area (Å²) >= 11 is 0. The molecule has 6 nitrogen and oxygen atoms in total. The van der Waals surface area contributed by atoms with E-state index in [9.17, 15) is 9.59 Å². The van der Waals surface area contributed by atoms with Crippen molar-refractivity contribution in [2.75, 3.05) is 26.8 Å². The second kappa shape index (κ2) is 6.38. The second-order valence-corrected chi connectivity index (χ2v) is 4.53. The molecule has 0 aromatic carbocycles. The molecule has 2 heterocycles. The monoisotopic (exact) mass is 266 g/mol. The van der Waals surface area contributed by atoms with Crippen LogP contribution in [0.5, 0.6) is 0 Å². The number of carbonyl (C=O) groups excluding carboxylic acids is 2. The molecule has 1 aliphatic rings. The van der Waals surface area contributed by atoms with E-state index < -0.39 is 0 Å². The van der Waals surface area contributed by atoms with Crippen LogP contribution in [-0.2, 0) is 20.9 Å². The Morgan fingerprint density at radius 1 is 1.63 bits per heavy atom. The van der Waals surface area contributed by atoms with E-state index in [4.69, 9.17) is 9.15 Å². The van der Waals surface area contributed by atoms with Crippen LogP contribution in [-0.4, -0.2) is 43.5 Å². The summed E-state index contributed by atoms with van der Waals surface area (Å²) in [6.07, 6.45) is 1.83. The normalized spacial score (nSPS) is 18.9. The van der Waals surface area contributed by atoms with Gasteiger partial charge in [-0.25, -0.2) is 0 Å². The molecule has 1 aliphatic heterocycles. The number of furan rings is 1. The lowest BCUT2D eigenvalue weighted by Gasteiger charge is -2.15. The number of hydrogen-bond donors (Lipinski definition) is 1. The summed E-state index contributed by atoms with van der Waals surface area (Å²) in [6.45, 7) is 1.85. The zero-order valence-corrected chi connectivity index (χ0v) is 10.9. The van der Waals surface area contributed by atoms with E-state index in [1.807, 2.05) is 0 Å². The molecule has 0 saturated carbocycles. The number of nitrogens with zero attached hydrogens (tertiary/aromatic N) is 1. The van der Waals surface area contributed by atoms with Crippen LogP contribution in [0.15, 0.2) is 22.8 Å². The molecule has 1 aromatic rings. The number of amides is 2. The van der Waals surface area contributed by atoms with E-state index in [2.05, 4.69) is 5.32 Å². The van der Waals surface area contributed by atoms with Gasteiger partial charge in [0.05, 0.1) is 25.3 Å². The van der Waals surface area contributed by atoms with Crippen LogP contribution in [0.4, 0.5) is 0 Å². The average molecular weight is 266 g/mol. The first kappa shape index (κ1) is 13.6. The Balaban J connectivity index is 1.79. The number of hydrogen-bond acceptors (Lipinski definition) is 4. The molecular weight excluding hydrogens is 248 g/mol. The molecule has 1 fully saturated rings. The van der Waals surface area contributed by atoms with Gasteiger partial charge in [-0.2, -0.15) is 0 Å². The molecule has 1 saturated heterocycles. The molecular formula is C13H18N2O4. The Kier molecular flexibility index (Phi) is 4.57. The minimum Gasteiger partial charge on any atom is -0.467 e. The van der Waals surface area contributed by atoms with Crippen molar-refractivity contribution in [2.24, 2.45) is 5.92 Å². The van der Waals surface area contributed by atoms with Gasteiger partial charge < -0.3 is 19.4 Å². The van der Waals surface area contributed by atoms with E-state index in [0.29, 0.717) is 32.0 Å². The van der Waals surface area contributed by atoms with Gasteiger partial charge in [-0.1, -0.05) is 0 Å². The quantitative estimate of drug-likeness (QED) is 0.808. The highest BCUT2D eigenvalue weighted by atomic mass is 16.5. The van der Waals surface area contributed by atoms with Crippen molar-refractivity contribution in [2.45, 2.75) is 13.0 Å². The number of methoxy groups -OCH3 is 1. The Labute approximate surface area is 111 Å². The van der Waals surface area contributed by atoms with Crippen LogP contribution >= 0.6 is 0 Å². The molecule has 0 spiro atoms. The van der Waals surface area contributed by atoms with Crippen molar-refractivity contribution in [1.29, 1.82) is 0 Å². The zero-order valence-electron chi connectivity index (χ0n) is 10.9. The van der Waals surface area contributed by atoms with Crippen molar-refractivity contribution in [1.82, 2.24) is 10.2 Å². The first-order valence-corrected chi connectivity index (χ1v) is 6.27. The Morgan fingerprint density at radius 3 is 3.16 bits per heavy atom. The third-order valence-electron chi connectivity index (χ3n) is 3.17. The van der Waals surface area contributed by atoms with Gasteiger partial charge in [-0.05, 0) is 12.1 Å². The number of carbonyl (C=O) groups is 2. The van der Waals surface area contributed by atoms with Crippen molar-refractivity contribution in [3.8, 4) is 0 Å². The molecule has 2 rings (SSSR count). The lowest BCUT2D eigenvalue weighted by molar-refractivity contribution is -0.129. The Bertz CT molecular complexity index is 430. The van der Waals surface area contributed by atoms with Crippen LogP contribution in [0.25, 0.3) is 0 Å². The predicted octanol–water partition coefficient (Wildman–Crippen LogP) is 0.391. The maximum atomic E-state index is 11.9. The molecule has 0 unspecified atom stereocenters. The summed E-state index contributed by atoms with van der Waals surface area (Å²) in [4.78, 5) is 25.3. The fraction of sp³-hybridized carbons (Fsp3) is 0.538. The average Bonchev–Trinajstić information content (AvgIpc) is 3.03. The zero-order chi connectivity index (χ0) is 13.7. The summed E-state index contributed by atoms with van der Waals surface area (Å²) < 4.78 is 10.1. The third kappa shape index (κ3) is 3.57. The van der Waals surface area contributed by atoms with Crippen LogP contribution < -0.4 is 5.32 Å². The van der Waals surface area contributed by atoms with Crippen molar-refractivity contribution >= 4 is 11.8 Å². The minimum absolute atomic E-state index is 0.00944. The highest BCUT2D eigenvalue weighted by Gasteiger charge is 2.33. The largest absolute Gasteiger partial charge is 0.467 e. The van der Waals surface area contributed by atoms with E-state index in [1.54, 1.807) is 30.4 Å². The first-order valence-electron chi connectivity index (χ1n) is 6.27. The van der Waals surface area contributed by atoms with E-state index in [-0.39, 0.29) is 24.2 Å². The molecule has 19 heavy (non-hydrogen) atoms. The fourth-order valence-corrected chi connectivity index (χ4v) is 2.10. The van der Waals surface area contributed by atoms with Crippen LogP contribution in [0, 0.1) is 5.92 Å². The maximum Gasteiger partial charge on any atom is 0.225 e. The molecule has 0 radical (unpaired) electrons. The molecule has 1 atom stereocenters. The predicted molar refractivity (Wildman–Crippen MR) is 67.1 cm³/mol. The van der Waals surface area contributed by atoms with E-state index >= 15 is 0 Å². The highest BCUT2D eigenvalue weighted by molar-refractivity contribution is 5.89. The van der Waals surface area contributed by atoms with Gasteiger partial charge in [-0.15, -0.1) is 0 Å². The SMILES string of the molecule is COCCN1C[C@@H](C(=O)NCc2ccco2)CC1=O. The number of ether oxygens (including phenoxy) is 1. The van der Waals surface area contributed by atoms with Gasteiger partial charge >= 0.3 is 0 Å². The summed E-state index contributed by atoms with van der Waals surface area (Å²) in [7, 11) is 1.59. The highest BCUT2D eigenvalue weighted by Crippen LogP contribution is 2.17. The van der Waals surface area contributed by atoms with Gasteiger partial charge in [0.15, 0.2) is 0 Å². The van der Waals surface area contributed by atoms with Crippen molar-refractivity contribution in [3.05, 3.63) is 24.2 Å². The van der Waals surface area contributed by atoms with Gasteiger partial charge in [0.2, 0.25) is 11.8 Å². The lowest BCUT2D eigenvalue weighted by atomic mass is 10.1. The molecule has 2 amide bonds. The standard InChI is InChI=1S/C13H18N2O4/c1-18-6-4-15-9-10(7-12(15)16)13(17)14-8-11-3-2-5-19-11/h2-3,5,10H,4,6-9H2,1H3,(H,14,17)/t10-/m0/s1. The van der Waals surface area contributed by atoms with Crippen LogP contribution in [0.1, 0.15) is 12.2 Å². The van der Waals surface area contributed by atoms with Gasteiger partial charge in [0.25, 0.3) is 0 Å². The summed E-state index contributed by atoms with van der Waals surface area (Å²) in [5.74, 6) is 0.327. The van der Waals surface area contributed by atoms with Crippen molar-refractivity contribution < 1.29 is 18.7 Å². The summed E-state index contributed by atoms with van der Waals surface area (Å²) in [5.41, 5.74) is 0. The van der Waals surface area contributed by atoms with Gasteiger partial charge in [-0.3, -0.25) is 9.59 Å². The van der Waals surface area contributed by atoms with Gasteiger partial charge in [0.1, 0.15) is 5.76 Å². The molecule has 1 aromatic heterocycles. The molecule has 0 aliphatic carbocycles. The van der Waals surface area contributed by atoms with Crippen molar-refractivity contribution in [3.63, 3.8) is 0 Å². The first-order chi connectivity index (χ1) is 9.20. The summed E-state index contributed by atoms with van der Waals surface area (Å²) in [6, 6.07) is 3.57. The Hall–Kier alpha value is -1.82. The van der Waals surface area contributed by atoms with Crippen LogP contribution in [0.2, 0.25) is 0 Å². The van der Waals surface area contributed by atoms with E-state index in [1.165, 1.54) is 0 Å². The number of rotatable bonds is 6. The topological polar surface area (TPSA) is 71.8 Å². The van der Waals surface area contributed by atoms with Gasteiger partial charge in [0, 0.05) is 26.6 Å².